The molecule has 0 saturated carbocycles. The molecule has 1 saturated heterocycles. The van der Waals surface area contributed by atoms with Gasteiger partial charge in [-0.25, -0.2) is 0 Å². The first-order valence-electron chi connectivity index (χ1n) is 7.48. The molecule has 6 heteroatoms. The van der Waals surface area contributed by atoms with E-state index in [4.69, 9.17) is 4.74 Å². The average molecular weight is 281 g/mol. The number of nitrogens with one attached hydrogen (secondary N) is 1. The highest BCUT2D eigenvalue weighted by Crippen LogP contribution is 2.31. The number of hydrogen-bond acceptors (Lipinski definition) is 5. The second-order valence-corrected chi connectivity index (χ2v) is 5.92. The fourth-order valence-corrected chi connectivity index (χ4v) is 2.89. The van der Waals surface area contributed by atoms with Gasteiger partial charge in [0.2, 0.25) is 0 Å². The van der Waals surface area contributed by atoms with Gasteiger partial charge in [0.15, 0.2) is 0 Å². The highest BCUT2D eigenvalue weighted by Gasteiger charge is 2.38. The van der Waals surface area contributed by atoms with Crippen molar-refractivity contribution in [3.63, 3.8) is 0 Å². The molecule has 6 nitrogen and oxygen atoms in total. The summed E-state index contributed by atoms with van der Waals surface area (Å²) in [5, 5.41) is 11.8. The SMILES string of the molecule is CCCNC(c1cnnn1C)C(C)(C)N1CCOCC1. The normalized spacial score (nSPS) is 19.2. The third-order valence-electron chi connectivity index (χ3n) is 4.18. The Balaban J connectivity index is 2.22. The summed E-state index contributed by atoms with van der Waals surface area (Å²) in [6.07, 6.45) is 2.98. The molecule has 1 fully saturated rings. The van der Waals surface area contributed by atoms with E-state index in [1.807, 2.05) is 17.9 Å². The summed E-state index contributed by atoms with van der Waals surface area (Å²) >= 11 is 0. The number of ether oxygens (including phenoxy) is 1. The van der Waals surface area contributed by atoms with Crippen LogP contribution in [-0.4, -0.2) is 58.3 Å². The van der Waals surface area contributed by atoms with Gasteiger partial charge in [-0.2, -0.15) is 0 Å². The first kappa shape index (κ1) is 15.4. The van der Waals surface area contributed by atoms with Crippen molar-refractivity contribution in [3.05, 3.63) is 11.9 Å². The molecule has 0 bridgehead atoms. The van der Waals surface area contributed by atoms with Crippen LogP contribution in [-0.2, 0) is 11.8 Å². The molecule has 1 aromatic heterocycles. The van der Waals surface area contributed by atoms with Crippen LogP contribution in [0.25, 0.3) is 0 Å². The molecule has 0 aromatic carbocycles. The van der Waals surface area contributed by atoms with Crippen molar-refractivity contribution in [1.29, 1.82) is 0 Å². The number of hydrogen-bond donors (Lipinski definition) is 1. The molecule has 20 heavy (non-hydrogen) atoms. The zero-order valence-electron chi connectivity index (χ0n) is 13.1. The van der Waals surface area contributed by atoms with E-state index in [0.29, 0.717) is 0 Å². The topological polar surface area (TPSA) is 55.2 Å². The smallest absolute Gasteiger partial charge is 0.0771 e. The number of aryl methyl sites for hydroxylation is 1. The molecule has 2 rings (SSSR count). The van der Waals surface area contributed by atoms with E-state index in [0.717, 1.165) is 45.0 Å². The van der Waals surface area contributed by atoms with Gasteiger partial charge in [0.25, 0.3) is 0 Å². The maximum atomic E-state index is 5.48. The van der Waals surface area contributed by atoms with Crippen molar-refractivity contribution in [1.82, 2.24) is 25.2 Å². The molecule has 114 valence electrons. The van der Waals surface area contributed by atoms with Crippen LogP contribution in [0.2, 0.25) is 0 Å². The molecule has 1 unspecified atom stereocenters. The zero-order chi connectivity index (χ0) is 14.6. The van der Waals surface area contributed by atoms with Gasteiger partial charge in [-0.05, 0) is 26.8 Å². The molecule has 1 aliphatic heterocycles. The average Bonchev–Trinajstić information content (AvgIpc) is 2.86. The summed E-state index contributed by atoms with van der Waals surface area (Å²) in [6.45, 7) is 11.3. The van der Waals surface area contributed by atoms with E-state index < -0.39 is 0 Å². The highest BCUT2D eigenvalue weighted by molar-refractivity contribution is 5.11. The minimum Gasteiger partial charge on any atom is -0.379 e. The highest BCUT2D eigenvalue weighted by atomic mass is 16.5. The second-order valence-electron chi connectivity index (χ2n) is 5.92. The predicted molar refractivity (Wildman–Crippen MR) is 78.5 cm³/mol. The Labute approximate surface area is 121 Å². The third kappa shape index (κ3) is 3.19. The van der Waals surface area contributed by atoms with Crippen LogP contribution in [0.15, 0.2) is 6.20 Å². The Hall–Kier alpha value is -0.980. The largest absolute Gasteiger partial charge is 0.379 e. The van der Waals surface area contributed by atoms with E-state index in [2.05, 4.69) is 41.3 Å². The third-order valence-corrected chi connectivity index (χ3v) is 4.18. The van der Waals surface area contributed by atoms with Gasteiger partial charge >= 0.3 is 0 Å². The molecule has 0 aliphatic carbocycles. The Morgan fingerprint density at radius 3 is 2.65 bits per heavy atom. The van der Waals surface area contributed by atoms with E-state index >= 15 is 0 Å². The summed E-state index contributed by atoms with van der Waals surface area (Å²) in [6, 6.07) is 0.209. The summed E-state index contributed by atoms with van der Waals surface area (Å²) in [5.41, 5.74) is 1.13. The molecule has 1 atom stereocenters. The minimum atomic E-state index is -0.00553. The van der Waals surface area contributed by atoms with Crippen molar-refractivity contribution >= 4 is 0 Å². The lowest BCUT2D eigenvalue weighted by Crippen LogP contribution is -2.56. The van der Waals surface area contributed by atoms with Gasteiger partial charge in [0.1, 0.15) is 0 Å². The van der Waals surface area contributed by atoms with Crippen molar-refractivity contribution in [2.24, 2.45) is 7.05 Å². The van der Waals surface area contributed by atoms with Gasteiger partial charge in [0.05, 0.1) is 31.1 Å². The maximum absolute atomic E-state index is 5.48. The quantitative estimate of drug-likeness (QED) is 0.842. The molecule has 1 aliphatic rings. The zero-order valence-corrected chi connectivity index (χ0v) is 13.1. The van der Waals surface area contributed by atoms with Crippen LogP contribution < -0.4 is 5.32 Å². The minimum absolute atomic E-state index is 0.00553. The van der Waals surface area contributed by atoms with Gasteiger partial charge < -0.3 is 10.1 Å². The summed E-state index contributed by atoms with van der Waals surface area (Å²) in [7, 11) is 1.96. The standard InChI is InChI=1S/C14H27N5O/c1-5-6-15-13(12-11-16-17-18(12)4)14(2,3)19-7-9-20-10-8-19/h11,13,15H,5-10H2,1-4H3. The Bertz CT molecular complexity index is 411. The molecule has 0 amide bonds. The maximum Gasteiger partial charge on any atom is 0.0771 e. The van der Waals surface area contributed by atoms with E-state index in [1.165, 1.54) is 0 Å². The van der Waals surface area contributed by atoms with Crippen LogP contribution in [0.4, 0.5) is 0 Å². The summed E-state index contributed by atoms with van der Waals surface area (Å²) in [4.78, 5) is 2.50. The van der Waals surface area contributed by atoms with Gasteiger partial charge in [-0.15, -0.1) is 5.10 Å². The van der Waals surface area contributed by atoms with Crippen molar-refractivity contribution in [2.45, 2.75) is 38.8 Å². The summed E-state index contributed by atoms with van der Waals surface area (Å²) in [5.74, 6) is 0. The lowest BCUT2D eigenvalue weighted by molar-refractivity contribution is -0.0247. The second kappa shape index (κ2) is 6.65. The van der Waals surface area contributed by atoms with E-state index in [-0.39, 0.29) is 11.6 Å². The van der Waals surface area contributed by atoms with E-state index in [1.54, 1.807) is 0 Å². The molecule has 1 aromatic rings. The number of rotatable bonds is 6. The van der Waals surface area contributed by atoms with Crippen molar-refractivity contribution < 1.29 is 4.74 Å². The fraction of sp³-hybridized carbons (Fsp3) is 0.857. The number of aromatic nitrogens is 3. The monoisotopic (exact) mass is 281 g/mol. The lowest BCUT2D eigenvalue weighted by atomic mass is 9.89. The molecule has 0 spiro atoms. The van der Waals surface area contributed by atoms with Crippen molar-refractivity contribution in [3.8, 4) is 0 Å². The van der Waals surface area contributed by atoms with Crippen LogP contribution in [0.3, 0.4) is 0 Å². The van der Waals surface area contributed by atoms with Crippen LogP contribution in [0, 0.1) is 0 Å². The first-order valence-corrected chi connectivity index (χ1v) is 7.48. The molecule has 2 heterocycles. The van der Waals surface area contributed by atoms with Crippen LogP contribution in [0.1, 0.15) is 38.9 Å². The molecule has 1 N–H and O–H groups in total. The molecule has 0 radical (unpaired) electrons. The van der Waals surface area contributed by atoms with Gasteiger partial charge in [0, 0.05) is 25.7 Å². The van der Waals surface area contributed by atoms with Gasteiger partial charge in [-0.1, -0.05) is 12.1 Å². The number of nitrogens with zero attached hydrogens (tertiary/aromatic N) is 4. The lowest BCUT2D eigenvalue weighted by Gasteiger charge is -2.45. The Kier molecular flexibility index (Phi) is 5.12. The molecular formula is C14H27N5O. The Morgan fingerprint density at radius 1 is 1.40 bits per heavy atom. The Morgan fingerprint density at radius 2 is 2.10 bits per heavy atom. The fourth-order valence-electron chi connectivity index (χ4n) is 2.89. The summed E-state index contributed by atoms with van der Waals surface area (Å²) < 4.78 is 7.35. The van der Waals surface area contributed by atoms with Gasteiger partial charge in [-0.3, -0.25) is 9.58 Å². The van der Waals surface area contributed by atoms with E-state index in [9.17, 15) is 0 Å². The van der Waals surface area contributed by atoms with Crippen LogP contribution in [0.5, 0.6) is 0 Å². The molecular weight excluding hydrogens is 254 g/mol. The number of morpholine rings is 1. The first-order chi connectivity index (χ1) is 9.57. The predicted octanol–water partition coefficient (Wildman–Crippen LogP) is 0.967. The van der Waals surface area contributed by atoms with Crippen molar-refractivity contribution in [2.75, 3.05) is 32.8 Å². The van der Waals surface area contributed by atoms with Crippen LogP contribution >= 0.6 is 0 Å².